The highest BCUT2D eigenvalue weighted by Crippen LogP contribution is 2.44. The summed E-state index contributed by atoms with van der Waals surface area (Å²) in [6.45, 7) is 9.88. The van der Waals surface area contributed by atoms with E-state index in [0.29, 0.717) is 11.7 Å². The lowest BCUT2D eigenvalue weighted by atomic mass is 10.0. The molecule has 0 heterocycles. The van der Waals surface area contributed by atoms with Crippen molar-refractivity contribution in [2.24, 2.45) is 0 Å². The topological polar surface area (TPSA) is 38.3 Å². The first kappa shape index (κ1) is 16.6. The van der Waals surface area contributed by atoms with Gasteiger partial charge in [-0.25, -0.2) is 0 Å². The van der Waals surface area contributed by atoms with Crippen LogP contribution in [0.4, 0.5) is 5.69 Å². The summed E-state index contributed by atoms with van der Waals surface area (Å²) in [5, 5.41) is 3.07. The van der Waals surface area contributed by atoms with Gasteiger partial charge in [0.1, 0.15) is 5.75 Å². The van der Waals surface area contributed by atoms with Crippen molar-refractivity contribution < 1.29 is 9.09 Å². The van der Waals surface area contributed by atoms with Crippen molar-refractivity contribution in [2.75, 3.05) is 11.8 Å². The third-order valence-corrected chi connectivity index (χ3v) is 4.81. The van der Waals surface area contributed by atoms with Crippen LogP contribution >= 0.6 is 7.52 Å². The van der Waals surface area contributed by atoms with Gasteiger partial charge in [0, 0.05) is 12.4 Å². The van der Waals surface area contributed by atoms with E-state index in [4.69, 9.17) is 4.52 Å². The van der Waals surface area contributed by atoms with E-state index in [1.165, 1.54) is 5.56 Å². The Morgan fingerprint density at radius 2 is 1.55 bits per heavy atom. The molecule has 3 nitrogen and oxygen atoms in total. The van der Waals surface area contributed by atoms with Gasteiger partial charge in [0.05, 0.1) is 0 Å². The van der Waals surface area contributed by atoms with Crippen LogP contribution in [0.5, 0.6) is 5.75 Å². The third-order valence-electron chi connectivity index (χ3n) is 3.62. The maximum Gasteiger partial charge on any atom is 0.338 e. The van der Waals surface area contributed by atoms with Crippen LogP contribution in [0.2, 0.25) is 0 Å². The number of nitrogens with one attached hydrogen (secondary N) is 1. The lowest BCUT2D eigenvalue weighted by molar-refractivity contribution is 0.493. The Balaban J connectivity index is 2.15. The predicted molar refractivity (Wildman–Crippen MR) is 94.2 cm³/mol. The first-order valence-corrected chi connectivity index (χ1v) is 9.57. The normalized spacial score (nSPS) is 13.7. The SMILES string of the molecule is Cc1cccc(C)c1N[P@@](C)(=O)Oc1ccc(C(C)C)cc1. The molecule has 0 aliphatic rings. The van der Waals surface area contributed by atoms with E-state index < -0.39 is 7.52 Å². The molecule has 2 aromatic carbocycles. The molecule has 22 heavy (non-hydrogen) atoms. The van der Waals surface area contributed by atoms with Crippen LogP contribution in [0.1, 0.15) is 36.5 Å². The number of aryl methyl sites for hydroxylation is 2. The van der Waals surface area contributed by atoms with Gasteiger partial charge in [0.2, 0.25) is 0 Å². The number of hydrogen-bond acceptors (Lipinski definition) is 2. The Morgan fingerprint density at radius 3 is 2.05 bits per heavy atom. The number of benzene rings is 2. The molecule has 0 aromatic heterocycles. The zero-order chi connectivity index (χ0) is 16.3. The summed E-state index contributed by atoms with van der Waals surface area (Å²) in [6.07, 6.45) is 0. The first-order chi connectivity index (χ1) is 10.3. The van der Waals surface area contributed by atoms with Crippen molar-refractivity contribution in [2.45, 2.75) is 33.6 Å². The van der Waals surface area contributed by atoms with Crippen molar-refractivity contribution in [3.8, 4) is 5.75 Å². The zero-order valence-corrected chi connectivity index (χ0v) is 14.8. The molecule has 0 radical (unpaired) electrons. The second-order valence-corrected chi connectivity index (χ2v) is 8.14. The van der Waals surface area contributed by atoms with E-state index in [0.717, 1.165) is 16.8 Å². The summed E-state index contributed by atoms with van der Waals surface area (Å²) in [6, 6.07) is 13.7. The largest absolute Gasteiger partial charge is 0.429 e. The van der Waals surface area contributed by atoms with E-state index in [1.54, 1.807) is 6.66 Å². The zero-order valence-electron chi connectivity index (χ0n) is 13.9. The molecule has 1 N–H and O–H groups in total. The average molecular weight is 317 g/mol. The fraction of sp³-hybridized carbons (Fsp3) is 0.333. The minimum Gasteiger partial charge on any atom is -0.429 e. The maximum absolute atomic E-state index is 12.7. The van der Waals surface area contributed by atoms with Crippen molar-refractivity contribution in [1.82, 2.24) is 0 Å². The Kier molecular flexibility index (Phi) is 4.97. The standard InChI is InChI=1S/C18H24NO2P/c1-13(2)16-9-11-17(12-10-16)21-22(5,20)19-18-14(3)7-6-8-15(18)4/h6-13H,1-5H3,(H,19,20)/t22-/m0/s1. The summed E-state index contributed by atoms with van der Waals surface area (Å²) in [5.41, 5.74) is 4.23. The van der Waals surface area contributed by atoms with Crippen LogP contribution in [0.25, 0.3) is 0 Å². The molecule has 0 aliphatic heterocycles. The van der Waals surface area contributed by atoms with Crippen LogP contribution in [-0.4, -0.2) is 6.66 Å². The van der Waals surface area contributed by atoms with Gasteiger partial charge in [-0.1, -0.05) is 44.2 Å². The van der Waals surface area contributed by atoms with E-state index in [-0.39, 0.29) is 0 Å². The quantitative estimate of drug-likeness (QED) is 0.714. The minimum absolute atomic E-state index is 0.468. The molecule has 0 spiro atoms. The maximum atomic E-state index is 12.7. The van der Waals surface area contributed by atoms with Crippen LogP contribution in [-0.2, 0) is 4.57 Å². The molecule has 0 saturated carbocycles. The monoisotopic (exact) mass is 317 g/mol. The van der Waals surface area contributed by atoms with Crippen molar-refractivity contribution in [3.63, 3.8) is 0 Å². The molecule has 0 aliphatic carbocycles. The van der Waals surface area contributed by atoms with Gasteiger partial charge in [-0.05, 0) is 48.6 Å². The molecular weight excluding hydrogens is 293 g/mol. The van der Waals surface area contributed by atoms with E-state index in [1.807, 2.05) is 56.3 Å². The van der Waals surface area contributed by atoms with Gasteiger partial charge >= 0.3 is 7.52 Å². The number of rotatable bonds is 5. The van der Waals surface area contributed by atoms with Crippen molar-refractivity contribution in [1.29, 1.82) is 0 Å². The highest BCUT2D eigenvalue weighted by molar-refractivity contribution is 7.60. The van der Waals surface area contributed by atoms with Crippen LogP contribution < -0.4 is 9.61 Å². The molecular formula is C18H24NO2P. The Hall–Kier alpha value is -1.73. The fourth-order valence-electron chi connectivity index (χ4n) is 2.33. The Morgan fingerprint density at radius 1 is 1.00 bits per heavy atom. The second kappa shape index (κ2) is 6.58. The smallest absolute Gasteiger partial charge is 0.338 e. The fourth-order valence-corrected chi connectivity index (χ4v) is 3.66. The van der Waals surface area contributed by atoms with Gasteiger partial charge in [0.15, 0.2) is 0 Å². The van der Waals surface area contributed by atoms with E-state index in [9.17, 15) is 4.57 Å². The van der Waals surface area contributed by atoms with Gasteiger partial charge in [-0.3, -0.25) is 4.57 Å². The summed E-state index contributed by atoms with van der Waals surface area (Å²) in [4.78, 5) is 0. The molecule has 0 saturated heterocycles. The number of hydrogen-bond donors (Lipinski definition) is 1. The summed E-state index contributed by atoms with van der Waals surface area (Å²) >= 11 is 0. The molecule has 2 aromatic rings. The van der Waals surface area contributed by atoms with Gasteiger partial charge < -0.3 is 9.61 Å². The van der Waals surface area contributed by atoms with Gasteiger partial charge in [-0.2, -0.15) is 0 Å². The van der Waals surface area contributed by atoms with Crippen LogP contribution in [0.15, 0.2) is 42.5 Å². The summed E-state index contributed by atoms with van der Waals surface area (Å²) in [5.74, 6) is 1.09. The number of anilines is 1. The molecule has 0 amide bonds. The lowest BCUT2D eigenvalue weighted by Gasteiger charge is -2.20. The lowest BCUT2D eigenvalue weighted by Crippen LogP contribution is -2.05. The van der Waals surface area contributed by atoms with Gasteiger partial charge in [-0.15, -0.1) is 0 Å². The molecule has 2 rings (SSSR count). The Bertz CT molecular complexity index is 672. The number of para-hydroxylation sites is 1. The summed E-state index contributed by atoms with van der Waals surface area (Å²) < 4.78 is 18.4. The molecule has 118 valence electrons. The Labute approximate surface area is 133 Å². The second-order valence-electron chi connectivity index (χ2n) is 6.04. The average Bonchev–Trinajstić information content (AvgIpc) is 2.43. The van der Waals surface area contributed by atoms with Crippen molar-refractivity contribution >= 4 is 13.2 Å². The molecule has 0 fully saturated rings. The molecule has 4 heteroatoms. The summed E-state index contributed by atoms with van der Waals surface area (Å²) in [7, 11) is -2.98. The van der Waals surface area contributed by atoms with Crippen LogP contribution in [0.3, 0.4) is 0 Å². The third kappa shape index (κ3) is 4.14. The highest BCUT2D eigenvalue weighted by atomic mass is 31.2. The molecule has 0 bridgehead atoms. The van der Waals surface area contributed by atoms with Crippen molar-refractivity contribution in [3.05, 3.63) is 59.2 Å². The van der Waals surface area contributed by atoms with E-state index >= 15 is 0 Å². The minimum atomic E-state index is -2.98. The highest BCUT2D eigenvalue weighted by Gasteiger charge is 2.19. The molecule has 0 unspecified atom stereocenters. The van der Waals surface area contributed by atoms with Gasteiger partial charge in [0.25, 0.3) is 0 Å². The molecule has 1 atom stereocenters. The predicted octanol–water partition coefficient (Wildman–Crippen LogP) is 5.74. The first-order valence-electron chi connectivity index (χ1n) is 7.50. The van der Waals surface area contributed by atoms with Crippen LogP contribution in [0, 0.1) is 13.8 Å². The van der Waals surface area contributed by atoms with E-state index in [2.05, 4.69) is 18.9 Å².